The summed E-state index contributed by atoms with van der Waals surface area (Å²) < 4.78 is 0. The predicted octanol–water partition coefficient (Wildman–Crippen LogP) is 4.59. The van der Waals surface area contributed by atoms with E-state index in [0.717, 1.165) is 36.1 Å². The van der Waals surface area contributed by atoms with Gasteiger partial charge in [0.1, 0.15) is 6.33 Å². The minimum Gasteiger partial charge on any atom is -0.363 e. The molecule has 1 N–H and O–H groups in total. The molecule has 1 saturated heterocycles. The molecule has 0 aliphatic carbocycles. The van der Waals surface area contributed by atoms with Crippen LogP contribution in [0.4, 0.5) is 23.0 Å². The maximum Gasteiger partial charge on any atom is 0.353 e. The molecule has 0 saturated carbocycles. The highest BCUT2D eigenvalue weighted by molar-refractivity contribution is 5.96. The zero-order valence-electron chi connectivity index (χ0n) is 17.8. The smallest absolute Gasteiger partial charge is 0.353 e. The third-order valence-corrected chi connectivity index (χ3v) is 5.78. The molecular weight excluding hydrogens is 392 g/mol. The first-order chi connectivity index (χ1) is 15.2. The fraction of sp³-hybridized carbons (Fsp3) is 0.391. The number of likely N-dealkylation sites (tertiary alicyclic amines) is 1. The molecule has 0 bridgehead atoms. The standard InChI is InChI=1S/C23H28N6O2/c1-2-28(20-12-8-10-18-9-4-5-11-19(18)20)23-21(29(30)31)22(25-17-26-23)24-13-16-27-14-6-3-7-15-27/h4-5,8-12,17H,2-3,6-7,13-16H2,1H3,(H,24,25,26). The number of nitrogens with zero attached hydrogens (tertiary/aromatic N) is 5. The van der Waals surface area contributed by atoms with Crippen molar-refractivity contribution >= 4 is 33.8 Å². The Kier molecular flexibility index (Phi) is 6.57. The lowest BCUT2D eigenvalue weighted by atomic mass is 10.1. The molecule has 8 heteroatoms. The van der Waals surface area contributed by atoms with Crippen molar-refractivity contribution in [2.24, 2.45) is 0 Å². The summed E-state index contributed by atoms with van der Waals surface area (Å²) in [6.07, 6.45) is 5.12. The van der Waals surface area contributed by atoms with Gasteiger partial charge in [-0.3, -0.25) is 10.1 Å². The summed E-state index contributed by atoms with van der Waals surface area (Å²) in [5.41, 5.74) is 0.803. The van der Waals surface area contributed by atoms with E-state index in [0.29, 0.717) is 18.9 Å². The Labute approximate surface area is 182 Å². The van der Waals surface area contributed by atoms with Crippen LogP contribution in [0.25, 0.3) is 10.8 Å². The highest BCUT2D eigenvalue weighted by Crippen LogP contribution is 2.38. The second-order valence-corrected chi connectivity index (χ2v) is 7.72. The Balaban J connectivity index is 1.65. The van der Waals surface area contributed by atoms with Crippen molar-refractivity contribution < 1.29 is 4.92 Å². The predicted molar refractivity (Wildman–Crippen MR) is 124 cm³/mol. The zero-order valence-corrected chi connectivity index (χ0v) is 17.8. The monoisotopic (exact) mass is 420 g/mol. The number of fused-ring (bicyclic) bond motifs is 1. The molecule has 2 aromatic carbocycles. The first-order valence-electron chi connectivity index (χ1n) is 10.9. The summed E-state index contributed by atoms with van der Waals surface area (Å²) in [6, 6.07) is 14.0. The van der Waals surface area contributed by atoms with Crippen molar-refractivity contribution in [2.45, 2.75) is 26.2 Å². The fourth-order valence-corrected chi connectivity index (χ4v) is 4.26. The van der Waals surface area contributed by atoms with Crippen LogP contribution in [-0.2, 0) is 0 Å². The SMILES string of the molecule is CCN(c1ncnc(NCCN2CCCCC2)c1[N+](=O)[O-])c1cccc2ccccc12. The summed E-state index contributed by atoms with van der Waals surface area (Å²) in [5.74, 6) is 0.574. The molecule has 0 unspecified atom stereocenters. The van der Waals surface area contributed by atoms with Gasteiger partial charge in [-0.2, -0.15) is 0 Å². The molecule has 1 aromatic heterocycles. The summed E-state index contributed by atoms with van der Waals surface area (Å²) in [6.45, 7) is 6.14. The van der Waals surface area contributed by atoms with Crippen LogP contribution < -0.4 is 10.2 Å². The number of benzene rings is 2. The lowest BCUT2D eigenvalue weighted by molar-refractivity contribution is -0.383. The van der Waals surface area contributed by atoms with Crippen LogP contribution in [-0.4, -0.2) is 52.5 Å². The van der Waals surface area contributed by atoms with E-state index < -0.39 is 0 Å². The third kappa shape index (κ3) is 4.59. The number of aromatic nitrogens is 2. The van der Waals surface area contributed by atoms with E-state index >= 15 is 0 Å². The van der Waals surface area contributed by atoms with Crippen molar-refractivity contribution in [3.63, 3.8) is 0 Å². The normalized spacial score (nSPS) is 14.5. The van der Waals surface area contributed by atoms with Gasteiger partial charge in [-0.25, -0.2) is 9.97 Å². The van der Waals surface area contributed by atoms with Gasteiger partial charge < -0.3 is 15.1 Å². The van der Waals surface area contributed by atoms with Crippen molar-refractivity contribution in [1.82, 2.24) is 14.9 Å². The number of anilines is 3. The number of nitrogens with one attached hydrogen (secondary N) is 1. The maximum absolute atomic E-state index is 12.1. The zero-order chi connectivity index (χ0) is 21.6. The number of rotatable bonds is 8. The Morgan fingerprint density at radius 2 is 1.87 bits per heavy atom. The molecule has 2 heterocycles. The fourth-order valence-electron chi connectivity index (χ4n) is 4.26. The van der Waals surface area contributed by atoms with Gasteiger partial charge >= 0.3 is 5.69 Å². The molecule has 0 radical (unpaired) electrons. The van der Waals surface area contributed by atoms with Crippen LogP contribution in [0.1, 0.15) is 26.2 Å². The molecule has 0 atom stereocenters. The Morgan fingerprint density at radius 1 is 1.10 bits per heavy atom. The average molecular weight is 421 g/mol. The largest absolute Gasteiger partial charge is 0.363 e. The second kappa shape index (κ2) is 9.70. The minimum atomic E-state index is -0.383. The van der Waals surface area contributed by atoms with Gasteiger partial charge in [0, 0.05) is 25.0 Å². The molecular formula is C23H28N6O2. The van der Waals surface area contributed by atoms with Gasteiger partial charge in [-0.05, 0) is 44.3 Å². The van der Waals surface area contributed by atoms with Gasteiger partial charge in [0.25, 0.3) is 0 Å². The van der Waals surface area contributed by atoms with Crippen molar-refractivity contribution in [1.29, 1.82) is 0 Å². The van der Waals surface area contributed by atoms with E-state index in [9.17, 15) is 10.1 Å². The molecule has 162 valence electrons. The molecule has 3 aromatic rings. The topological polar surface area (TPSA) is 87.4 Å². The lowest BCUT2D eigenvalue weighted by Crippen LogP contribution is -2.34. The van der Waals surface area contributed by atoms with E-state index in [1.54, 1.807) is 0 Å². The molecule has 1 aliphatic rings. The number of hydrogen-bond acceptors (Lipinski definition) is 7. The summed E-state index contributed by atoms with van der Waals surface area (Å²) in [4.78, 5) is 24.5. The van der Waals surface area contributed by atoms with Gasteiger partial charge in [0.05, 0.1) is 10.6 Å². The Morgan fingerprint density at radius 3 is 2.65 bits per heavy atom. The van der Waals surface area contributed by atoms with E-state index in [1.165, 1.54) is 25.6 Å². The molecule has 0 spiro atoms. The molecule has 31 heavy (non-hydrogen) atoms. The summed E-state index contributed by atoms with van der Waals surface area (Å²) >= 11 is 0. The van der Waals surface area contributed by atoms with Crippen molar-refractivity contribution in [3.05, 3.63) is 58.9 Å². The maximum atomic E-state index is 12.1. The van der Waals surface area contributed by atoms with E-state index in [4.69, 9.17) is 0 Å². The van der Waals surface area contributed by atoms with Crippen LogP contribution in [0.3, 0.4) is 0 Å². The average Bonchev–Trinajstić information content (AvgIpc) is 2.80. The minimum absolute atomic E-state index is 0.0871. The Bertz CT molecular complexity index is 1050. The van der Waals surface area contributed by atoms with Crippen LogP contribution in [0.15, 0.2) is 48.8 Å². The third-order valence-electron chi connectivity index (χ3n) is 5.78. The van der Waals surface area contributed by atoms with Gasteiger partial charge in [-0.1, -0.05) is 42.8 Å². The lowest BCUT2D eigenvalue weighted by Gasteiger charge is -2.26. The molecule has 0 amide bonds. The molecule has 4 rings (SSSR count). The summed E-state index contributed by atoms with van der Waals surface area (Å²) in [5, 5.41) is 17.4. The highest BCUT2D eigenvalue weighted by Gasteiger charge is 2.28. The molecule has 1 aliphatic heterocycles. The van der Waals surface area contributed by atoms with E-state index in [1.807, 2.05) is 54.3 Å². The molecule has 8 nitrogen and oxygen atoms in total. The van der Waals surface area contributed by atoms with Gasteiger partial charge in [-0.15, -0.1) is 0 Å². The number of hydrogen-bond donors (Lipinski definition) is 1. The first-order valence-corrected chi connectivity index (χ1v) is 10.9. The quantitative estimate of drug-likeness (QED) is 0.421. The second-order valence-electron chi connectivity index (χ2n) is 7.72. The van der Waals surface area contributed by atoms with Crippen LogP contribution in [0, 0.1) is 10.1 Å². The highest BCUT2D eigenvalue weighted by atomic mass is 16.6. The molecule has 1 fully saturated rings. The van der Waals surface area contributed by atoms with Gasteiger partial charge in [0.2, 0.25) is 11.6 Å². The van der Waals surface area contributed by atoms with Gasteiger partial charge in [0.15, 0.2) is 0 Å². The van der Waals surface area contributed by atoms with Crippen LogP contribution >= 0.6 is 0 Å². The number of nitro groups is 1. The van der Waals surface area contributed by atoms with E-state index in [2.05, 4.69) is 20.2 Å². The summed E-state index contributed by atoms with van der Waals surface area (Å²) in [7, 11) is 0. The first kappa shape index (κ1) is 21.0. The van der Waals surface area contributed by atoms with Crippen LogP contribution in [0.2, 0.25) is 0 Å². The van der Waals surface area contributed by atoms with Crippen molar-refractivity contribution in [2.75, 3.05) is 42.9 Å². The van der Waals surface area contributed by atoms with Crippen molar-refractivity contribution in [3.8, 4) is 0 Å². The van der Waals surface area contributed by atoms with Crippen LogP contribution in [0.5, 0.6) is 0 Å². The Hall–Kier alpha value is -3.26. The van der Waals surface area contributed by atoms with E-state index in [-0.39, 0.29) is 16.4 Å². The number of piperidine rings is 1.